The Morgan fingerprint density at radius 3 is 2.24 bits per heavy atom. The molecule has 0 radical (unpaired) electrons. The van der Waals surface area contributed by atoms with Gasteiger partial charge in [0.05, 0.1) is 0 Å². The van der Waals surface area contributed by atoms with Gasteiger partial charge in [-0.2, -0.15) is 0 Å². The number of rotatable bonds is 9. The molecule has 0 aromatic heterocycles. The summed E-state index contributed by atoms with van der Waals surface area (Å²) < 4.78 is 13.1. The number of halogens is 1. The third kappa shape index (κ3) is 7.07. The fraction of sp³-hybridized carbons (Fsp3) is 0.424. The lowest BCUT2D eigenvalue weighted by atomic mass is 9.87. The van der Waals surface area contributed by atoms with Gasteiger partial charge in [-0.15, -0.1) is 0 Å². The first-order valence-electron chi connectivity index (χ1n) is 14.0. The van der Waals surface area contributed by atoms with Gasteiger partial charge in [0.2, 0.25) is 0 Å². The highest BCUT2D eigenvalue weighted by Crippen LogP contribution is 2.41. The molecule has 2 fully saturated rings. The fourth-order valence-electron chi connectivity index (χ4n) is 6.45. The molecule has 0 unspecified atom stereocenters. The van der Waals surface area contributed by atoms with E-state index in [1.54, 1.807) is 12.1 Å². The number of carbonyl (C=O) groups excluding carboxylic acids is 1. The lowest BCUT2D eigenvalue weighted by molar-refractivity contribution is 0.0936. The van der Waals surface area contributed by atoms with Gasteiger partial charge in [0.1, 0.15) is 5.82 Å². The first kappa shape index (κ1) is 25.7. The number of carbonyl (C=O) groups is 1. The van der Waals surface area contributed by atoms with Gasteiger partial charge in [0, 0.05) is 18.2 Å². The van der Waals surface area contributed by atoms with Crippen molar-refractivity contribution in [3.05, 3.63) is 107 Å². The summed E-state index contributed by atoms with van der Waals surface area (Å²) in [6, 6.07) is 27.6. The third-order valence-corrected chi connectivity index (χ3v) is 8.48. The summed E-state index contributed by atoms with van der Waals surface area (Å²) in [6.07, 6.45) is 8.05. The molecule has 3 nitrogen and oxygen atoms in total. The van der Waals surface area contributed by atoms with E-state index >= 15 is 0 Å². The average molecular weight is 499 g/mol. The van der Waals surface area contributed by atoms with Crippen LogP contribution in [0.4, 0.5) is 4.39 Å². The second-order valence-corrected chi connectivity index (χ2v) is 11.0. The molecule has 1 heterocycles. The van der Waals surface area contributed by atoms with Crippen LogP contribution >= 0.6 is 0 Å². The molecule has 1 aliphatic carbocycles. The van der Waals surface area contributed by atoms with Crippen molar-refractivity contribution in [2.45, 2.75) is 56.9 Å². The van der Waals surface area contributed by atoms with Crippen LogP contribution in [0.1, 0.15) is 65.9 Å². The van der Waals surface area contributed by atoms with Crippen LogP contribution in [0.2, 0.25) is 0 Å². The summed E-state index contributed by atoms with van der Waals surface area (Å²) in [5.74, 6) is 1.72. The van der Waals surface area contributed by atoms with Crippen LogP contribution in [0.3, 0.4) is 0 Å². The molecule has 4 heteroatoms. The topological polar surface area (TPSA) is 32.3 Å². The van der Waals surface area contributed by atoms with E-state index in [1.165, 1.54) is 49.9 Å². The van der Waals surface area contributed by atoms with E-state index in [1.807, 2.05) is 42.5 Å². The standard InChI is InChI=1S/C33H39FN2O/c34-30-16-14-25(15-17-30)8-7-9-26-18-20-36(21-19-26)24-29-22-31(23-32(29)27-10-3-1-4-11-27)35-33(37)28-12-5-2-6-13-28/h1-6,10-17,26,29,31-32H,7-9,18-24H2,(H,35,37)/t29-,31+,32-/m1/s1. The van der Waals surface area contributed by atoms with Crippen molar-refractivity contribution in [2.24, 2.45) is 11.8 Å². The minimum absolute atomic E-state index is 0.0412. The van der Waals surface area contributed by atoms with Gasteiger partial charge in [-0.05, 0) is 105 Å². The number of hydrogen-bond acceptors (Lipinski definition) is 2. The van der Waals surface area contributed by atoms with Crippen LogP contribution in [0.15, 0.2) is 84.9 Å². The van der Waals surface area contributed by atoms with E-state index in [9.17, 15) is 9.18 Å². The lowest BCUT2D eigenvalue weighted by Crippen LogP contribution is -2.38. The number of nitrogens with one attached hydrogen (secondary N) is 1. The Balaban J connectivity index is 1.12. The number of benzene rings is 3. The summed E-state index contributed by atoms with van der Waals surface area (Å²) in [4.78, 5) is 15.5. The number of hydrogen-bond donors (Lipinski definition) is 1. The molecule has 1 saturated carbocycles. The van der Waals surface area contributed by atoms with Crippen molar-refractivity contribution in [1.29, 1.82) is 0 Å². The Hall–Kier alpha value is -2.98. The van der Waals surface area contributed by atoms with Gasteiger partial charge < -0.3 is 10.2 Å². The molecular formula is C33H39FN2O. The average Bonchev–Trinajstić information content (AvgIpc) is 3.33. The minimum Gasteiger partial charge on any atom is -0.349 e. The maximum absolute atomic E-state index is 13.1. The van der Waals surface area contributed by atoms with E-state index < -0.39 is 0 Å². The van der Waals surface area contributed by atoms with Crippen LogP contribution in [-0.4, -0.2) is 36.5 Å². The van der Waals surface area contributed by atoms with Gasteiger partial charge in [0.25, 0.3) is 5.91 Å². The van der Waals surface area contributed by atoms with E-state index in [2.05, 4.69) is 40.5 Å². The molecule has 37 heavy (non-hydrogen) atoms. The van der Waals surface area contributed by atoms with Crippen LogP contribution < -0.4 is 5.32 Å². The zero-order valence-corrected chi connectivity index (χ0v) is 21.7. The quantitative estimate of drug-likeness (QED) is 0.350. The molecule has 5 rings (SSSR count). The Bertz CT molecular complexity index is 1110. The molecule has 3 aromatic rings. The summed E-state index contributed by atoms with van der Waals surface area (Å²) in [6.45, 7) is 3.44. The molecule has 194 valence electrons. The number of amides is 1. The van der Waals surface area contributed by atoms with Gasteiger partial charge >= 0.3 is 0 Å². The SMILES string of the molecule is O=C(N[C@H]1C[C@H](CN2CCC(CCCc3ccc(F)cc3)CC2)[C@@H](c2ccccc2)C1)c1ccccc1. The predicted octanol–water partition coefficient (Wildman–Crippen LogP) is 6.85. The van der Waals surface area contributed by atoms with Gasteiger partial charge in [0.15, 0.2) is 0 Å². The molecule has 1 aliphatic heterocycles. The normalized spacial score (nSPS) is 22.7. The third-order valence-electron chi connectivity index (χ3n) is 8.48. The summed E-state index contributed by atoms with van der Waals surface area (Å²) >= 11 is 0. The molecule has 1 saturated heterocycles. The molecular weight excluding hydrogens is 459 g/mol. The van der Waals surface area contributed by atoms with E-state index in [-0.39, 0.29) is 17.8 Å². The Kier molecular flexibility index (Phi) is 8.68. The van der Waals surface area contributed by atoms with E-state index in [0.717, 1.165) is 37.3 Å². The van der Waals surface area contributed by atoms with Crippen LogP contribution in [0.25, 0.3) is 0 Å². The van der Waals surface area contributed by atoms with Crippen molar-refractivity contribution in [3.63, 3.8) is 0 Å². The van der Waals surface area contributed by atoms with Gasteiger partial charge in [-0.3, -0.25) is 4.79 Å². The molecule has 2 aliphatic rings. The summed E-state index contributed by atoms with van der Waals surface area (Å²) in [5, 5.41) is 3.33. The fourth-order valence-corrected chi connectivity index (χ4v) is 6.45. The highest BCUT2D eigenvalue weighted by Gasteiger charge is 2.37. The largest absolute Gasteiger partial charge is 0.349 e. The summed E-state index contributed by atoms with van der Waals surface area (Å²) in [7, 11) is 0. The van der Waals surface area contributed by atoms with Gasteiger partial charge in [-0.1, -0.05) is 67.1 Å². The van der Waals surface area contributed by atoms with Crippen molar-refractivity contribution in [3.8, 4) is 0 Å². The second kappa shape index (κ2) is 12.5. The number of nitrogens with zero attached hydrogens (tertiary/aromatic N) is 1. The number of likely N-dealkylation sites (tertiary alicyclic amines) is 1. The monoisotopic (exact) mass is 498 g/mol. The highest BCUT2D eigenvalue weighted by atomic mass is 19.1. The zero-order valence-electron chi connectivity index (χ0n) is 21.7. The van der Waals surface area contributed by atoms with Crippen molar-refractivity contribution in [1.82, 2.24) is 10.2 Å². The predicted molar refractivity (Wildman–Crippen MR) is 148 cm³/mol. The van der Waals surface area contributed by atoms with Crippen LogP contribution in [0, 0.1) is 17.7 Å². The zero-order chi connectivity index (χ0) is 25.5. The van der Waals surface area contributed by atoms with Crippen molar-refractivity contribution in [2.75, 3.05) is 19.6 Å². The van der Waals surface area contributed by atoms with Crippen LogP contribution in [-0.2, 0) is 6.42 Å². The Labute approximate surface area is 221 Å². The maximum atomic E-state index is 13.1. The Morgan fingerprint density at radius 1 is 0.865 bits per heavy atom. The molecule has 3 atom stereocenters. The lowest BCUT2D eigenvalue weighted by Gasteiger charge is -2.35. The second-order valence-electron chi connectivity index (χ2n) is 11.0. The number of aryl methyl sites for hydroxylation is 1. The van der Waals surface area contributed by atoms with Crippen molar-refractivity contribution >= 4 is 5.91 Å². The molecule has 0 bridgehead atoms. The van der Waals surface area contributed by atoms with Crippen LogP contribution in [0.5, 0.6) is 0 Å². The first-order valence-corrected chi connectivity index (χ1v) is 14.0. The molecule has 0 spiro atoms. The number of piperidine rings is 1. The van der Waals surface area contributed by atoms with Crippen molar-refractivity contribution < 1.29 is 9.18 Å². The van der Waals surface area contributed by atoms with E-state index in [0.29, 0.717) is 11.8 Å². The van der Waals surface area contributed by atoms with E-state index in [4.69, 9.17) is 0 Å². The molecule has 1 N–H and O–H groups in total. The maximum Gasteiger partial charge on any atom is 0.251 e. The first-order chi connectivity index (χ1) is 18.1. The molecule has 1 amide bonds. The minimum atomic E-state index is -0.155. The van der Waals surface area contributed by atoms with Gasteiger partial charge in [-0.25, -0.2) is 4.39 Å². The molecule has 3 aromatic carbocycles. The smallest absolute Gasteiger partial charge is 0.251 e. The summed E-state index contributed by atoms with van der Waals surface area (Å²) in [5.41, 5.74) is 3.38. The Morgan fingerprint density at radius 2 is 1.54 bits per heavy atom. The highest BCUT2D eigenvalue weighted by molar-refractivity contribution is 5.94.